The van der Waals surface area contributed by atoms with Gasteiger partial charge in [0.05, 0.1) is 19.8 Å². The molecule has 0 radical (unpaired) electrons. The van der Waals surface area contributed by atoms with Crippen LogP contribution in [0.1, 0.15) is 27.8 Å². The van der Waals surface area contributed by atoms with Crippen molar-refractivity contribution in [2.24, 2.45) is 0 Å². The Labute approximate surface area is 313 Å². The van der Waals surface area contributed by atoms with Gasteiger partial charge in [-0.25, -0.2) is 0 Å². The molecule has 6 aromatic carbocycles. The molecule has 0 fully saturated rings. The second kappa shape index (κ2) is 16.8. The first kappa shape index (κ1) is 35.7. The molecule has 1 N–H and O–H groups in total. The van der Waals surface area contributed by atoms with Gasteiger partial charge in [-0.05, 0) is 70.3 Å². The molecule has 1 atom stereocenters. The zero-order chi connectivity index (χ0) is 37.2. The summed E-state index contributed by atoms with van der Waals surface area (Å²) in [6, 6.07) is 50.2. The van der Waals surface area contributed by atoms with E-state index in [0.29, 0.717) is 29.2 Å². The Hall–Kier alpha value is -6.65. The number of hydrogen-bond donors (Lipinski definition) is 1. The number of esters is 1. The number of fused-ring (bicyclic) bond motifs is 1. The molecule has 1 aromatic heterocycles. The van der Waals surface area contributed by atoms with Gasteiger partial charge in [0.15, 0.2) is 0 Å². The van der Waals surface area contributed by atoms with E-state index in [1.54, 1.807) is 20.3 Å². The van der Waals surface area contributed by atoms with E-state index in [1.807, 2.05) is 115 Å². The molecule has 0 saturated carbocycles. The summed E-state index contributed by atoms with van der Waals surface area (Å²) in [4.78, 5) is 21.5. The highest BCUT2D eigenvalue weighted by molar-refractivity contribution is 5.77. The number of carbonyl (C=O) groups excluding carboxylic acids is 1. The van der Waals surface area contributed by atoms with Crippen LogP contribution in [0.5, 0.6) is 17.2 Å². The Morgan fingerprint density at radius 3 is 1.91 bits per heavy atom. The molecule has 10 nitrogen and oxygen atoms in total. The van der Waals surface area contributed by atoms with Gasteiger partial charge < -0.3 is 23.8 Å². The molecule has 7 aromatic rings. The third-order valence-corrected chi connectivity index (χ3v) is 9.25. The molecule has 272 valence electrons. The van der Waals surface area contributed by atoms with Gasteiger partial charge in [-0.1, -0.05) is 120 Å². The zero-order valence-electron chi connectivity index (χ0n) is 30.0. The summed E-state index contributed by atoms with van der Waals surface area (Å²) in [5.41, 5.74) is 5.07. The van der Waals surface area contributed by atoms with Gasteiger partial charge in [-0.3, -0.25) is 10.1 Å². The molecule has 0 spiro atoms. The maximum atomic E-state index is 14.4. The topological polar surface area (TPSA) is 106 Å². The molecule has 0 amide bonds. The summed E-state index contributed by atoms with van der Waals surface area (Å²) in [6.45, 7) is -0.0706. The van der Waals surface area contributed by atoms with Crippen LogP contribution in [0.15, 0.2) is 158 Å². The van der Waals surface area contributed by atoms with Crippen molar-refractivity contribution in [3.8, 4) is 17.2 Å². The Morgan fingerprint density at radius 2 is 1.30 bits per heavy atom. The quantitative estimate of drug-likeness (QED) is 0.0633. The maximum Gasteiger partial charge on any atom is 0.323 e. The van der Waals surface area contributed by atoms with Crippen molar-refractivity contribution in [1.29, 1.82) is 0 Å². The Balaban J connectivity index is 1.18. The smallest absolute Gasteiger partial charge is 0.323 e. The highest BCUT2D eigenvalue weighted by atomic mass is 16.8. The molecular formula is C44H40N4O6. The van der Waals surface area contributed by atoms with Crippen molar-refractivity contribution in [3.63, 3.8) is 0 Å². The lowest BCUT2D eigenvalue weighted by Gasteiger charge is -2.39. The minimum absolute atomic E-state index is 0.00697. The molecule has 0 aliphatic rings. The second-order valence-corrected chi connectivity index (χ2v) is 12.5. The lowest BCUT2D eigenvalue weighted by Crippen LogP contribution is -2.53. The SMILES string of the molecule is COc1ccc(COC(=O)[C@@H](Cc2ccc(OCOn3nnc4ccccc43)cc2)NC(c2ccccc2)(c2ccccc2)c2ccccc2)c(OC)c1. The van der Waals surface area contributed by atoms with Gasteiger partial charge in [-0.15, -0.1) is 5.10 Å². The van der Waals surface area contributed by atoms with Crippen molar-refractivity contribution in [2.45, 2.75) is 24.6 Å². The summed E-state index contributed by atoms with van der Waals surface area (Å²) in [7, 11) is 3.17. The van der Waals surface area contributed by atoms with E-state index in [-0.39, 0.29) is 13.4 Å². The van der Waals surface area contributed by atoms with Crippen LogP contribution in [-0.2, 0) is 28.1 Å². The second-order valence-electron chi connectivity index (χ2n) is 12.5. The minimum Gasteiger partial charge on any atom is -0.497 e. The third kappa shape index (κ3) is 7.89. The number of methoxy groups -OCH3 is 2. The number of ether oxygens (including phenoxy) is 4. The highest BCUT2D eigenvalue weighted by Gasteiger charge is 2.40. The largest absolute Gasteiger partial charge is 0.497 e. The summed E-state index contributed by atoms with van der Waals surface area (Å²) in [6.07, 6.45) is 0.314. The van der Waals surface area contributed by atoms with Crippen molar-refractivity contribution in [3.05, 3.63) is 186 Å². The fraction of sp³-hybridized carbons (Fsp3) is 0.159. The van der Waals surface area contributed by atoms with E-state index in [2.05, 4.69) is 52.0 Å². The van der Waals surface area contributed by atoms with Gasteiger partial charge >= 0.3 is 5.97 Å². The molecule has 0 saturated heterocycles. The van der Waals surface area contributed by atoms with Crippen LogP contribution in [0, 0.1) is 0 Å². The molecular weight excluding hydrogens is 681 g/mol. The van der Waals surface area contributed by atoms with Crippen LogP contribution in [0.4, 0.5) is 0 Å². The van der Waals surface area contributed by atoms with E-state index >= 15 is 0 Å². The molecule has 54 heavy (non-hydrogen) atoms. The first-order chi connectivity index (χ1) is 26.6. The Morgan fingerprint density at radius 1 is 0.704 bits per heavy atom. The Bertz CT molecular complexity index is 2170. The van der Waals surface area contributed by atoms with E-state index in [4.69, 9.17) is 23.8 Å². The van der Waals surface area contributed by atoms with Crippen molar-refractivity contribution in [1.82, 2.24) is 20.5 Å². The average Bonchev–Trinajstić information content (AvgIpc) is 3.65. The van der Waals surface area contributed by atoms with E-state index in [9.17, 15) is 4.79 Å². The minimum atomic E-state index is -0.919. The van der Waals surface area contributed by atoms with E-state index < -0.39 is 17.6 Å². The number of nitrogens with zero attached hydrogens (tertiary/aromatic N) is 3. The standard InChI is InChI=1S/C44H40N4O6/c1-50-38-27-24-33(42(29-38)51-2)30-52-43(49)40(28-32-22-25-37(26-23-32)53-31-54-48-41-21-13-12-20-39(41)46-47-48)45-44(34-14-6-3-7-15-34,35-16-8-4-9-17-35)36-18-10-5-11-19-36/h3-27,29,40,45H,28,30-31H2,1-2H3/t40-/m1/s1. The number of para-hydroxylation sites is 1. The monoisotopic (exact) mass is 720 g/mol. The van der Waals surface area contributed by atoms with Crippen LogP contribution in [0.2, 0.25) is 0 Å². The van der Waals surface area contributed by atoms with E-state index in [1.165, 1.54) is 4.85 Å². The lowest BCUT2D eigenvalue weighted by atomic mass is 9.76. The van der Waals surface area contributed by atoms with Gasteiger partial charge in [0.2, 0.25) is 0 Å². The molecule has 0 bridgehead atoms. The number of carbonyl (C=O) groups is 1. The molecule has 0 aliphatic heterocycles. The first-order valence-corrected chi connectivity index (χ1v) is 17.5. The van der Waals surface area contributed by atoms with Gasteiger partial charge in [0, 0.05) is 11.6 Å². The number of hydrogen-bond acceptors (Lipinski definition) is 9. The van der Waals surface area contributed by atoms with Crippen LogP contribution in [0.3, 0.4) is 0 Å². The number of nitrogens with one attached hydrogen (secondary N) is 1. The van der Waals surface area contributed by atoms with Crippen molar-refractivity contribution < 1.29 is 28.6 Å². The van der Waals surface area contributed by atoms with Gasteiger partial charge in [0.25, 0.3) is 6.79 Å². The molecule has 1 heterocycles. The van der Waals surface area contributed by atoms with Gasteiger partial charge in [0.1, 0.15) is 40.9 Å². The number of benzene rings is 6. The summed E-state index contributed by atoms with van der Waals surface area (Å²) >= 11 is 0. The van der Waals surface area contributed by atoms with Crippen LogP contribution < -0.4 is 24.4 Å². The molecule has 7 rings (SSSR count). The Kier molecular flexibility index (Phi) is 11.1. The number of rotatable bonds is 16. The van der Waals surface area contributed by atoms with Crippen LogP contribution in [0.25, 0.3) is 11.0 Å². The highest BCUT2D eigenvalue weighted by Crippen LogP contribution is 2.38. The zero-order valence-corrected chi connectivity index (χ0v) is 30.0. The normalized spacial score (nSPS) is 11.8. The summed E-state index contributed by atoms with van der Waals surface area (Å²) in [5, 5.41) is 12.0. The molecule has 0 unspecified atom stereocenters. The third-order valence-electron chi connectivity index (χ3n) is 9.25. The predicted octanol–water partition coefficient (Wildman–Crippen LogP) is 7.15. The number of aromatic nitrogens is 3. The average molecular weight is 721 g/mol. The van der Waals surface area contributed by atoms with E-state index in [0.717, 1.165) is 33.3 Å². The van der Waals surface area contributed by atoms with Gasteiger partial charge in [-0.2, -0.15) is 0 Å². The fourth-order valence-electron chi connectivity index (χ4n) is 6.53. The molecule has 10 heteroatoms. The maximum absolute atomic E-state index is 14.4. The summed E-state index contributed by atoms with van der Waals surface area (Å²) < 4.78 is 22.9. The van der Waals surface area contributed by atoms with Crippen molar-refractivity contribution >= 4 is 17.0 Å². The predicted molar refractivity (Wildman–Crippen MR) is 205 cm³/mol. The van der Waals surface area contributed by atoms with Crippen LogP contribution in [-0.4, -0.2) is 48.2 Å². The van der Waals surface area contributed by atoms with Crippen molar-refractivity contribution in [2.75, 3.05) is 21.0 Å². The fourth-order valence-corrected chi connectivity index (χ4v) is 6.53. The molecule has 0 aliphatic carbocycles. The van der Waals surface area contributed by atoms with Crippen LogP contribution >= 0.6 is 0 Å². The first-order valence-electron chi connectivity index (χ1n) is 17.5. The summed E-state index contributed by atoms with van der Waals surface area (Å²) in [5.74, 6) is 1.38. The lowest BCUT2D eigenvalue weighted by molar-refractivity contribution is -0.148.